The second kappa shape index (κ2) is 4.88. The van der Waals surface area contributed by atoms with Gasteiger partial charge in [-0.1, -0.05) is 35.0 Å². The van der Waals surface area contributed by atoms with Gasteiger partial charge in [0.2, 0.25) is 5.95 Å². The van der Waals surface area contributed by atoms with Gasteiger partial charge in [0.15, 0.2) is 5.65 Å². The third-order valence-corrected chi connectivity index (χ3v) is 4.13. The minimum atomic E-state index is 0.194. The minimum absolute atomic E-state index is 0.194. The van der Waals surface area contributed by atoms with Gasteiger partial charge < -0.3 is 5.73 Å². The molecule has 0 amide bonds. The highest BCUT2D eigenvalue weighted by molar-refractivity contribution is 7.99. The number of hydrogen-bond acceptors (Lipinski definition) is 5. The molecule has 0 aliphatic heterocycles. The van der Waals surface area contributed by atoms with Crippen molar-refractivity contribution in [3.8, 4) is 0 Å². The maximum absolute atomic E-state index is 5.99. The molecule has 0 fully saturated rings. The first-order valence-electron chi connectivity index (χ1n) is 5.23. The fourth-order valence-electron chi connectivity index (χ4n) is 1.55. The molecule has 0 saturated carbocycles. The summed E-state index contributed by atoms with van der Waals surface area (Å²) >= 11 is 13.3. The van der Waals surface area contributed by atoms with E-state index in [1.54, 1.807) is 18.3 Å². The number of halogens is 2. The van der Waals surface area contributed by atoms with Crippen molar-refractivity contribution in [1.82, 2.24) is 20.2 Å². The van der Waals surface area contributed by atoms with E-state index in [-0.39, 0.29) is 5.95 Å². The molecule has 1 aromatic carbocycles. The van der Waals surface area contributed by atoms with Crippen LogP contribution in [0.3, 0.4) is 0 Å². The summed E-state index contributed by atoms with van der Waals surface area (Å²) in [4.78, 5) is 9.18. The van der Waals surface area contributed by atoms with E-state index in [0.29, 0.717) is 15.7 Å². The van der Waals surface area contributed by atoms with E-state index in [9.17, 15) is 0 Å². The maximum atomic E-state index is 5.99. The van der Waals surface area contributed by atoms with E-state index < -0.39 is 0 Å². The van der Waals surface area contributed by atoms with Gasteiger partial charge in [0, 0.05) is 4.90 Å². The Labute approximate surface area is 122 Å². The van der Waals surface area contributed by atoms with E-state index in [4.69, 9.17) is 28.9 Å². The van der Waals surface area contributed by atoms with Crippen LogP contribution >= 0.6 is 35.0 Å². The lowest BCUT2D eigenvalue weighted by Crippen LogP contribution is -1.96. The molecule has 0 spiro atoms. The molecule has 0 atom stereocenters. The first kappa shape index (κ1) is 12.5. The van der Waals surface area contributed by atoms with Crippen molar-refractivity contribution in [3.05, 3.63) is 34.4 Å². The van der Waals surface area contributed by atoms with Crippen LogP contribution in [0.5, 0.6) is 0 Å². The van der Waals surface area contributed by atoms with Crippen LogP contribution in [0.4, 0.5) is 5.95 Å². The minimum Gasteiger partial charge on any atom is -0.368 e. The second-order valence-corrected chi connectivity index (χ2v) is 5.57. The number of H-pyrrole nitrogens is 1. The van der Waals surface area contributed by atoms with Gasteiger partial charge in [0.25, 0.3) is 0 Å². The first-order chi connectivity index (χ1) is 9.13. The fourth-order valence-corrected chi connectivity index (χ4v) is 2.85. The molecule has 0 unspecified atom stereocenters. The maximum Gasteiger partial charge on any atom is 0.223 e. The highest BCUT2D eigenvalue weighted by Gasteiger charge is 2.10. The van der Waals surface area contributed by atoms with Crippen molar-refractivity contribution in [2.45, 2.75) is 9.92 Å². The van der Waals surface area contributed by atoms with Gasteiger partial charge in [-0.3, -0.25) is 5.10 Å². The number of nitrogens with one attached hydrogen (secondary N) is 1. The van der Waals surface area contributed by atoms with Crippen molar-refractivity contribution in [1.29, 1.82) is 0 Å². The van der Waals surface area contributed by atoms with Crippen LogP contribution in [0.25, 0.3) is 11.0 Å². The number of aromatic nitrogens is 4. The smallest absolute Gasteiger partial charge is 0.223 e. The zero-order valence-electron chi connectivity index (χ0n) is 9.39. The largest absolute Gasteiger partial charge is 0.368 e. The van der Waals surface area contributed by atoms with Gasteiger partial charge in [-0.2, -0.15) is 10.1 Å². The molecule has 3 N–H and O–H groups in total. The Kier molecular flexibility index (Phi) is 3.22. The number of aromatic amines is 1. The van der Waals surface area contributed by atoms with Crippen molar-refractivity contribution in [2.24, 2.45) is 0 Å². The monoisotopic (exact) mass is 311 g/mol. The summed E-state index contributed by atoms with van der Waals surface area (Å²) in [5, 5.41) is 9.24. The number of hydrogen-bond donors (Lipinski definition) is 2. The molecule has 96 valence electrons. The lowest BCUT2D eigenvalue weighted by molar-refractivity contribution is 1.08. The summed E-state index contributed by atoms with van der Waals surface area (Å²) in [6.45, 7) is 0. The van der Waals surface area contributed by atoms with E-state index in [1.807, 2.05) is 6.07 Å². The third-order valence-electron chi connectivity index (χ3n) is 2.40. The first-order valence-corrected chi connectivity index (χ1v) is 6.80. The lowest BCUT2D eigenvalue weighted by atomic mass is 10.4. The molecule has 0 radical (unpaired) electrons. The molecule has 8 heteroatoms. The van der Waals surface area contributed by atoms with E-state index >= 15 is 0 Å². The SMILES string of the molecule is Nc1nc(Sc2ccc(Cl)c(Cl)c2)c2cn[nH]c2n1. The fraction of sp³-hybridized carbons (Fsp3) is 0. The van der Waals surface area contributed by atoms with Crippen molar-refractivity contribution in [3.63, 3.8) is 0 Å². The Morgan fingerprint density at radius 2 is 2.00 bits per heavy atom. The van der Waals surface area contributed by atoms with Gasteiger partial charge in [0.05, 0.1) is 21.6 Å². The second-order valence-electron chi connectivity index (χ2n) is 3.70. The Hall–Kier alpha value is -1.50. The quantitative estimate of drug-likeness (QED) is 0.709. The van der Waals surface area contributed by atoms with Crippen LogP contribution in [0.2, 0.25) is 10.0 Å². The molecule has 0 aliphatic rings. The molecular formula is C11H7Cl2N5S. The van der Waals surface area contributed by atoms with E-state index in [0.717, 1.165) is 15.3 Å². The molecule has 3 rings (SSSR count). The molecule has 19 heavy (non-hydrogen) atoms. The van der Waals surface area contributed by atoms with Crippen molar-refractivity contribution >= 4 is 51.9 Å². The van der Waals surface area contributed by atoms with Crippen molar-refractivity contribution in [2.75, 3.05) is 5.73 Å². The predicted molar refractivity (Wildman–Crippen MR) is 76.7 cm³/mol. The number of nitrogens with two attached hydrogens (primary N) is 1. The van der Waals surface area contributed by atoms with Gasteiger partial charge in [-0.05, 0) is 18.2 Å². The zero-order chi connectivity index (χ0) is 13.4. The average Bonchev–Trinajstić information content (AvgIpc) is 2.82. The van der Waals surface area contributed by atoms with Crippen LogP contribution in [0, 0.1) is 0 Å². The summed E-state index contributed by atoms with van der Waals surface area (Å²) in [5.41, 5.74) is 6.27. The Morgan fingerprint density at radius 1 is 1.16 bits per heavy atom. The van der Waals surface area contributed by atoms with Gasteiger partial charge in [-0.25, -0.2) is 4.98 Å². The summed E-state index contributed by atoms with van der Waals surface area (Å²) in [6.07, 6.45) is 1.66. The van der Waals surface area contributed by atoms with E-state index in [1.165, 1.54) is 11.8 Å². The average molecular weight is 312 g/mol. The van der Waals surface area contributed by atoms with Crippen molar-refractivity contribution < 1.29 is 0 Å². The molecule has 2 heterocycles. The molecule has 0 saturated heterocycles. The molecule has 0 bridgehead atoms. The summed E-state index contributed by atoms with van der Waals surface area (Å²) in [5.74, 6) is 0.194. The zero-order valence-corrected chi connectivity index (χ0v) is 11.7. The van der Waals surface area contributed by atoms with Crippen LogP contribution in [-0.2, 0) is 0 Å². The highest BCUT2D eigenvalue weighted by Crippen LogP contribution is 2.34. The number of benzene rings is 1. The Balaban J connectivity index is 2.04. The normalized spacial score (nSPS) is 11.1. The molecule has 3 aromatic rings. The summed E-state index contributed by atoms with van der Waals surface area (Å²) in [7, 11) is 0. The number of nitrogen functional groups attached to an aromatic ring is 1. The van der Waals surface area contributed by atoms with Crippen LogP contribution in [0.1, 0.15) is 0 Å². The topological polar surface area (TPSA) is 80.5 Å². The Morgan fingerprint density at radius 3 is 2.79 bits per heavy atom. The summed E-state index contributed by atoms with van der Waals surface area (Å²) < 4.78 is 0. The van der Waals surface area contributed by atoms with Crippen LogP contribution < -0.4 is 5.73 Å². The van der Waals surface area contributed by atoms with Crippen LogP contribution in [-0.4, -0.2) is 20.2 Å². The summed E-state index contributed by atoms with van der Waals surface area (Å²) in [6, 6.07) is 5.38. The molecule has 2 aromatic heterocycles. The van der Waals surface area contributed by atoms with Gasteiger partial charge in [-0.15, -0.1) is 0 Å². The van der Waals surface area contributed by atoms with Gasteiger partial charge >= 0.3 is 0 Å². The number of rotatable bonds is 2. The van der Waals surface area contributed by atoms with E-state index in [2.05, 4.69) is 20.2 Å². The molecule has 0 aliphatic carbocycles. The third kappa shape index (κ3) is 2.47. The number of fused-ring (bicyclic) bond motifs is 1. The highest BCUT2D eigenvalue weighted by atomic mass is 35.5. The number of nitrogens with zero attached hydrogens (tertiary/aromatic N) is 3. The molecule has 5 nitrogen and oxygen atoms in total. The van der Waals surface area contributed by atoms with Gasteiger partial charge in [0.1, 0.15) is 5.03 Å². The standard InChI is InChI=1S/C11H7Cl2N5S/c12-7-2-1-5(3-8(7)13)19-10-6-4-15-18-9(6)16-11(14)17-10/h1-4H,(H3,14,15,16,17,18). The lowest BCUT2D eigenvalue weighted by Gasteiger charge is -2.04. The number of anilines is 1. The predicted octanol–water partition coefficient (Wildman–Crippen LogP) is 3.39. The van der Waals surface area contributed by atoms with Crippen LogP contribution in [0.15, 0.2) is 34.3 Å². The Bertz CT molecular complexity index is 758. The molecular weight excluding hydrogens is 305 g/mol.